The number of nitrogens with zero attached hydrogens (tertiary/aromatic N) is 1. The number of amides is 1. The fourth-order valence-corrected chi connectivity index (χ4v) is 1.90. The van der Waals surface area contributed by atoms with E-state index in [1.165, 1.54) is 0 Å². The lowest BCUT2D eigenvalue weighted by molar-refractivity contribution is -0.123. The molecule has 0 bridgehead atoms. The van der Waals surface area contributed by atoms with E-state index in [0.29, 0.717) is 30.6 Å². The fourth-order valence-electron chi connectivity index (χ4n) is 1.70. The predicted molar refractivity (Wildman–Crippen MR) is 108 cm³/mol. The fraction of sp³-hybridized carbons (Fsp3) is 0.500. The van der Waals surface area contributed by atoms with E-state index >= 15 is 0 Å². The van der Waals surface area contributed by atoms with Crippen molar-refractivity contribution in [1.82, 2.24) is 16.0 Å². The van der Waals surface area contributed by atoms with Crippen LogP contribution in [0.2, 0.25) is 5.02 Å². The molecule has 1 amide bonds. The summed E-state index contributed by atoms with van der Waals surface area (Å²) < 4.78 is 0. The highest BCUT2D eigenvalue weighted by Gasteiger charge is 2.05. The van der Waals surface area contributed by atoms with Crippen molar-refractivity contribution in [3.8, 4) is 0 Å². The van der Waals surface area contributed by atoms with Gasteiger partial charge in [0.25, 0.3) is 0 Å². The van der Waals surface area contributed by atoms with Crippen molar-refractivity contribution in [2.75, 3.05) is 19.6 Å². The van der Waals surface area contributed by atoms with Crippen LogP contribution < -0.4 is 16.0 Å². The molecule has 3 N–H and O–H groups in total. The van der Waals surface area contributed by atoms with E-state index in [0.717, 1.165) is 12.1 Å². The van der Waals surface area contributed by atoms with Crippen molar-refractivity contribution >= 4 is 47.4 Å². The number of hydrogen-bond donors (Lipinski definition) is 3. The minimum absolute atomic E-state index is 0. The van der Waals surface area contributed by atoms with E-state index in [1.807, 2.05) is 45.0 Å². The Morgan fingerprint density at radius 2 is 1.83 bits per heavy atom. The Bertz CT molecular complexity index is 509. The molecule has 0 heterocycles. The van der Waals surface area contributed by atoms with E-state index in [2.05, 4.69) is 20.9 Å². The molecule has 0 aliphatic heterocycles. The van der Waals surface area contributed by atoms with Crippen LogP contribution >= 0.6 is 35.6 Å². The quantitative estimate of drug-likeness (QED) is 0.258. The van der Waals surface area contributed by atoms with Gasteiger partial charge >= 0.3 is 0 Å². The Balaban J connectivity index is 0.00000484. The third-order valence-corrected chi connectivity index (χ3v) is 3.32. The number of rotatable bonds is 7. The molecular formula is C16H26ClIN4O. The van der Waals surface area contributed by atoms with E-state index in [9.17, 15) is 4.79 Å². The van der Waals surface area contributed by atoms with Gasteiger partial charge in [0.15, 0.2) is 5.96 Å². The van der Waals surface area contributed by atoms with E-state index in [-0.39, 0.29) is 35.8 Å². The molecule has 0 aromatic heterocycles. The van der Waals surface area contributed by atoms with Crippen LogP contribution in [0.15, 0.2) is 29.3 Å². The predicted octanol–water partition coefficient (Wildman–Crippen LogP) is 2.79. The standard InChI is InChI=1S/C16H25ClN4O.HI/c1-4-18-16(20-10-9-19-15(22)12(2)3)21-11-13-7-5-6-8-14(13)17;/h5-8,12H,4,9-11H2,1-3H3,(H,19,22)(H2,18,20,21);1H. The molecule has 0 saturated heterocycles. The monoisotopic (exact) mass is 452 g/mol. The number of halogens is 2. The van der Waals surface area contributed by atoms with Gasteiger partial charge < -0.3 is 16.0 Å². The van der Waals surface area contributed by atoms with Crippen LogP contribution in [0.25, 0.3) is 0 Å². The van der Waals surface area contributed by atoms with Gasteiger partial charge in [0.1, 0.15) is 0 Å². The maximum absolute atomic E-state index is 11.5. The van der Waals surface area contributed by atoms with Crippen LogP contribution in [0.4, 0.5) is 0 Å². The normalized spacial score (nSPS) is 10.9. The van der Waals surface area contributed by atoms with Gasteiger partial charge in [0, 0.05) is 30.6 Å². The van der Waals surface area contributed by atoms with E-state index in [4.69, 9.17) is 11.6 Å². The maximum atomic E-state index is 11.5. The molecule has 0 atom stereocenters. The van der Waals surface area contributed by atoms with Gasteiger partial charge in [-0.2, -0.15) is 0 Å². The zero-order chi connectivity index (χ0) is 16.4. The molecule has 130 valence electrons. The largest absolute Gasteiger partial charge is 0.357 e. The molecule has 1 rings (SSSR count). The lowest BCUT2D eigenvalue weighted by Crippen LogP contribution is -2.42. The molecule has 1 aromatic rings. The molecule has 23 heavy (non-hydrogen) atoms. The highest BCUT2D eigenvalue weighted by atomic mass is 127. The molecule has 5 nitrogen and oxygen atoms in total. The first-order chi connectivity index (χ1) is 10.5. The van der Waals surface area contributed by atoms with Gasteiger partial charge in [-0.1, -0.05) is 43.6 Å². The molecule has 1 aromatic carbocycles. The Morgan fingerprint density at radius 1 is 1.17 bits per heavy atom. The highest BCUT2D eigenvalue weighted by Crippen LogP contribution is 2.15. The van der Waals surface area contributed by atoms with Crippen LogP contribution in [0, 0.1) is 5.92 Å². The lowest BCUT2D eigenvalue weighted by atomic mass is 10.2. The molecule has 0 spiro atoms. The van der Waals surface area contributed by atoms with E-state index in [1.54, 1.807) is 0 Å². The van der Waals surface area contributed by atoms with Crippen molar-refractivity contribution in [3.05, 3.63) is 34.9 Å². The van der Waals surface area contributed by atoms with Crippen molar-refractivity contribution in [1.29, 1.82) is 0 Å². The minimum Gasteiger partial charge on any atom is -0.357 e. The average molecular weight is 453 g/mol. The smallest absolute Gasteiger partial charge is 0.222 e. The molecule has 0 aliphatic carbocycles. The van der Waals surface area contributed by atoms with Gasteiger partial charge in [-0.3, -0.25) is 4.79 Å². The molecule has 0 aliphatic rings. The van der Waals surface area contributed by atoms with Crippen LogP contribution in [0.5, 0.6) is 0 Å². The number of benzene rings is 1. The number of nitrogens with one attached hydrogen (secondary N) is 3. The second-order valence-corrected chi connectivity index (χ2v) is 5.57. The number of hydrogen-bond acceptors (Lipinski definition) is 2. The third kappa shape index (κ3) is 9.00. The molecule has 0 radical (unpaired) electrons. The molecule has 0 saturated carbocycles. The summed E-state index contributed by atoms with van der Waals surface area (Å²) in [6.45, 7) is 8.21. The second-order valence-electron chi connectivity index (χ2n) is 5.16. The Kier molecular flexibility index (Phi) is 11.9. The van der Waals surface area contributed by atoms with Gasteiger partial charge in [-0.05, 0) is 18.6 Å². The van der Waals surface area contributed by atoms with Crippen LogP contribution in [0.3, 0.4) is 0 Å². The number of carbonyl (C=O) groups excluding carboxylic acids is 1. The van der Waals surface area contributed by atoms with Crippen molar-refractivity contribution in [2.45, 2.75) is 27.3 Å². The number of carbonyl (C=O) groups is 1. The van der Waals surface area contributed by atoms with E-state index < -0.39 is 0 Å². The number of aliphatic imine (C=N–C) groups is 1. The first kappa shape index (κ1) is 22.0. The summed E-state index contributed by atoms with van der Waals surface area (Å²) >= 11 is 6.12. The van der Waals surface area contributed by atoms with Crippen molar-refractivity contribution in [3.63, 3.8) is 0 Å². The minimum atomic E-state index is 0. The topological polar surface area (TPSA) is 65.5 Å². The zero-order valence-corrected chi connectivity index (χ0v) is 16.9. The summed E-state index contributed by atoms with van der Waals surface area (Å²) in [6.07, 6.45) is 0. The van der Waals surface area contributed by atoms with Gasteiger partial charge in [-0.25, -0.2) is 4.99 Å². The van der Waals surface area contributed by atoms with Gasteiger partial charge in [0.2, 0.25) is 5.91 Å². The molecular weight excluding hydrogens is 427 g/mol. The van der Waals surface area contributed by atoms with Gasteiger partial charge in [-0.15, -0.1) is 24.0 Å². The Morgan fingerprint density at radius 3 is 2.43 bits per heavy atom. The zero-order valence-electron chi connectivity index (χ0n) is 13.9. The highest BCUT2D eigenvalue weighted by molar-refractivity contribution is 14.0. The maximum Gasteiger partial charge on any atom is 0.222 e. The summed E-state index contributed by atoms with van der Waals surface area (Å²) in [6, 6.07) is 7.65. The third-order valence-electron chi connectivity index (χ3n) is 2.95. The number of guanidine groups is 1. The Hall–Kier alpha value is -1.02. The lowest BCUT2D eigenvalue weighted by Gasteiger charge is -2.12. The van der Waals surface area contributed by atoms with Crippen LogP contribution in [-0.2, 0) is 11.3 Å². The van der Waals surface area contributed by atoms with Crippen LogP contribution in [-0.4, -0.2) is 31.5 Å². The van der Waals surface area contributed by atoms with Crippen molar-refractivity contribution in [2.24, 2.45) is 10.9 Å². The average Bonchev–Trinajstić information content (AvgIpc) is 2.50. The second kappa shape index (κ2) is 12.4. The molecule has 0 unspecified atom stereocenters. The van der Waals surface area contributed by atoms with Gasteiger partial charge in [0.05, 0.1) is 6.54 Å². The first-order valence-corrected chi connectivity index (χ1v) is 7.95. The molecule has 7 heteroatoms. The summed E-state index contributed by atoms with van der Waals surface area (Å²) in [7, 11) is 0. The first-order valence-electron chi connectivity index (χ1n) is 7.57. The van der Waals surface area contributed by atoms with Crippen molar-refractivity contribution < 1.29 is 4.79 Å². The summed E-state index contributed by atoms with van der Waals surface area (Å²) in [5, 5.41) is 9.92. The molecule has 0 fully saturated rings. The Labute approximate surface area is 160 Å². The summed E-state index contributed by atoms with van der Waals surface area (Å²) in [5.41, 5.74) is 0.981. The summed E-state index contributed by atoms with van der Waals surface area (Å²) in [4.78, 5) is 16.0. The van der Waals surface area contributed by atoms with Crippen LogP contribution in [0.1, 0.15) is 26.3 Å². The summed E-state index contributed by atoms with van der Waals surface area (Å²) in [5.74, 6) is 0.767. The SMILES string of the molecule is CCNC(=NCc1ccccc1Cl)NCCNC(=O)C(C)C.I.